The van der Waals surface area contributed by atoms with Gasteiger partial charge in [-0.3, -0.25) is 0 Å². The summed E-state index contributed by atoms with van der Waals surface area (Å²) >= 11 is 0. The predicted octanol–water partition coefficient (Wildman–Crippen LogP) is 1.73. The maximum atomic E-state index is 5.36. The molecule has 1 fully saturated rings. The average molecular weight is 228 g/mol. The maximum Gasteiger partial charge on any atom is 0.0593 e. The molecule has 0 aliphatic heterocycles. The highest BCUT2D eigenvalue weighted by Gasteiger charge is 2.25. The van der Waals surface area contributed by atoms with Gasteiger partial charge in [-0.15, -0.1) is 0 Å². The molecular formula is C13H28N2O. The van der Waals surface area contributed by atoms with E-state index in [1.165, 1.54) is 32.2 Å². The van der Waals surface area contributed by atoms with Crippen molar-refractivity contribution in [3.63, 3.8) is 0 Å². The second kappa shape index (κ2) is 8.04. The number of rotatable bonds is 8. The number of likely N-dealkylation sites (N-methyl/N-ethyl adjacent to an activating group) is 1. The molecule has 1 saturated carbocycles. The minimum absolute atomic E-state index is 0.764. The van der Waals surface area contributed by atoms with Gasteiger partial charge in [-0.1, -0.05) is 6.42 Å². The Morgan fingerprint density at radius 1 is 1.31 bits per heavy atom. The zero-order valence-corrected chi connectivity index (χ0v) is 11.2. The molecule has 0 spiro atoms. The Labute approximate surface area is 101 Å². The summed E-state index contributed by atoms with van der Waals surface area (Å²) in [6.07, 6.45) is 5.50. The normalized spacial score (nSPS) is 25.5. The van der Waals surface area contributed by atoms with Gasteiger partial charge in [-0.25, -0.2) is 0 Å². The van der Waals surface area contributed by atoms with Crippen molar-refractivity contribution < 1.29 is 4.74 Å². The molecule has 16 heavy (non-hydrogen) atoms. The molecule has 96 valence electrons. The van der Waals surface area contributed by atoms with Crippen molar-refractivity contribution in [2.45, 2.75) is 38.6 Å². The second-order valence-electron chi connectivity index (χ2n) is 4.88. The number of nitrogens with one attached hydrogen (secondary N) is 1. The molecule has 2 atom stereocenters. The third-order valence-corrected chi connectivity index (χ3v) is 3.73. The van der Waals surface area contributed by atoms with Crippen LogP contribution in [-0.4, -0.2) is 51.3 Å². The van der Waals surface area contributed by atoms with Crippen molar-refractivity contribution in [1.29, 1.82) is 0 Å². The highest BCUT2D eigenvalue weighted by molar-refractivity contribution is 4.82. The quantitative estimate of drug-likeness (QED) is 0.640. The van der Waals surface area contributed by atoms with Crippen LogP contribution in [0.1, 0.15) is 32.6 Å². The topological polar surface area (TPSA) is 24.5 Å². The van der Waals surface area contributed by atoms with Gasteiger partial charge in [0, 0.05) is 19.2 Å². The van der Waals surface area contributed by atoms with Crippen molar-refractivity contribution >= 4 is 0 Å². The number of hydrogen-bond acceptors (Lipinski definition) is 3. The van der Waals surface area contributed by atoms with Crippen LogP contribution in [0, 0.1) is 5.92 Å². The van der Waals surface area contributed by atoms with Gasteiger partial charge in [0.1, 0.15) is 0 Å². The van der Waals surface area contributed by atoms with Crippen molar-refractivity contribution in [2.24, 2.45) is 5.92 Å². The zero-order chi connectivity index (χ0) is 11.8. The molecule has 3 heteroatoms. The molecule has 3 nitrogen and oxygen atoms in total. The Bertz CT molecular complexity index is 175. The van der Waals surface area contributed by atoms with Gasteiger partial charge in [0.15, 0.2) is 0 Å². The summed E-state index contributed by atoms with van der Waals surface area (Å²) in [5, 5.41) is 3.45. The van der Waals surface area contributed by atoms with Gasteiger partial charge in [0.2, 0.25) is 0 Å². The maximum absolute atomic E-state index is 5.36. The number of ether oxygens (including phenoxy) is 1. The molecular weight excluding hydrogens is 200 g/mol. The fraction of sp³-hybridized carbons (Fsp3) is 1.00. The monoisotopic (exact) mass is 228 g/mol. The molecule has 1 aliphatic rings. The van der Waals surface area contributed by atoms with E-state index in [1.807, 2.05) is 0 Å². The Morgan fingerprint density at radius 3 is 2.81 bits per heavy atom. The molecule has 0 radical (unpaired) electrons. The lowest BCUT2D eigenvalue weighted by Crippen LogP contribution is -2.32. The summed E-state index contributed by atoms with van der Waals surface area (Å²) in [6.45, 7) is 6.02. The van der Waals surface area contributed by atoms with Crippen LogP contribution in [0.3, 0.4) is 0 Å². The lowest BCUT2D eigenvalue weighted by Gasteiger charge is -2.22. The zero-order valence-electron chi connectivity index (χ0n) is 11.2. The highest BCUT2D eigenvalue weighted by Crippen LogP contribution is 2.28. The van der Waals surface area contributed by atoms with Gasteiger partial charge in [-0.05, 0) is 52.7 Å². The molecule has 0 aromatic carbocycles. The molecule has 0 heterocycles. The van der Waals surface area contributed by atoms with E-state index < -0.39 is 0 Å². The number of nitrogens with zero attached hydrogens (tertiary/aromatic N) is 1. The Hall–Kier alpha value is -0.120. The van der Waals surface area contributed by atoms with Crippen molar-refractivity contribution in [3.8, 4) is 0 Å². The molecule has 1 rings (SSSR count). The summed E-state index contributed by atoms with van der Waals surface area (Å²) in [6, 6.07) is 0.764. The first-order chi connectivity index (χ1) is 7.77. The summed E-state index contributed by atoms with van der Waals surface area (Å²) in [5.41, 5.74) is 0. The van der Waals surface area contributed by atoms with E-state index in [-0.39, 0.29) is 0 Å². The van der Waals surface area contributed by atoms with Crippen LogP contribution in [0.2, 0.25) is 0 Å². The third kappa shape index (κ3) is 4.81. The van der Waals surface area contributed by atoms with E-state index in [1.54, 1.807) is 0 Å². The third-order valence-electron chi connectivity index (χ3n) is 3.73. The molecule has 0 saturated heterocycles. The first kappa shape index (κ1) is 13.9. The molecule has 0 aromatic heterocycles. The first-order valence-corrected chi connectivity index (χ1v) is 6.71. The fourth-order valence-electron chi connectivity index (χ4n) is 2.63. The van der Waals surface area contributed by atoms with E-state index in [2.05, 4.69) is 31.2 Å². The first-order valence-electron chi connectivity index (χ1n) is 6.71. The van der Waals surface area contributed by atoms with Crippen LogP contribution in [0.25, 0.3) is 0 Å². The van der Waals surface area contributed by atoms with Crippen LogP contribution in [0.15, 0.2) is 0 Å². The second-order valence-corrected chi connectivity index (χ2v) is 4.88. The lowest BCUT2D eigenvalue weighted by atomic mass is 9.99. The average Bonchev–Trinajstić information content (AvgIpc) is 2.74. The molecule has 1 aliphatic carbocycles. The molecule has 0 amide bonds. The minimum Gasteiger partial charge on any atom is -0.380 e. The van der Waals surface area contributed by atoms with E-state index in [0.29, 0.717) is 0 Å². The van der Waals surface area contributed by atoms with Crippen LogP contribution >= 0.6 is 0 Å². The van der Waals surface area contributed by atoms with Crippen LogP contribution < -0.4 is 5.32 Å². The summed E-state index contributed by atoms with van der Waals surface area (Å²) in [5.74, 6) is 0.888. The Kier molecular flexibility index (Phi) is 7.01. The highest BCUT2D eigenvalue weighted by atomic mass is 16.5. The Balaban J connectivity index is 2.08. The van der Waals surface area contributed by atoms with Crippen LogP contribution in [-0.2, 0) is 4.74 Å². The smallest absolute Gasteiger partial charge is 0.0593 e. The summed E-state index contributed by atoms with van der Waals surface area (Å²) in [7, 11) is 4.30. The number of hydrogen-bond donors (Lipinski definition) is 1. The van der Waals surface area contributed by atoms with Gasteiger partial charge >= 0.3 is 0 Å². The summed E-state index contributed by atoms with van der Waals surface area (Å²) < 4.78 is 5.36. The SMILES string of the molecule is CCOCCN(C)CCC1CCCC1NC. The standard InChI is InChI=1S/C13H28N2O/c1-4-16-11-10-15(3)9-8-12-6-5-7-13(12)14-2/h12-14H,4-11H2,1-3H3. The minimum atomic E-state index is 0.764. The fourth-order valence-corrected chi connectivity index (χ4v) is 2.63. The van der Waals surface area contributed by atoms with Gasteiger partial charge < -0.3 is 15.0 Å². The van der Waals surface area contributed by atoms with Crippen LogP contribution in [0.5, 0.6) is 0 Å². The summed E-state index contributed by atoms with van der Waals surface area (Å²) in [4.78, 5) is 2.39. The van der Waals surface area contributed by atoms with Gasteiger partial charge in [-0.2, -0.15) is 0 Å². The van der Waals surface area contributed by atoms with E-state index >= 15 is 0 Å². The largest absolute Gasteiger partial charge is 0.380 e. The van der Waals surface area contributed by atoms with Gasteiger partial charge in [0.05, 0.1) is 6.61 Å². The van der Waals surface area contributed by atoms with E-state index in [9.17, 15) is 0 Å². The van der Waals surface area contributed by atoms with Crippen molar-refractivity contribution in [1.82, 2.24) is 10.2 Å². The lowest BCUT2D eigenvalue weighted by molar-refractivity contribution is 0.120. The van der Waals surface area contributed by atoms with Crippen molar-refractivity contribution in [2.75, 3.05) is 40.4 Å². The van der Waals surface area contributed by atoms with Gasteiger partial charge in [0.25, 0.3) is 0 Å². The Morgan fingerprint density at radius 2 is 2.12 bits per heavy atom. The van der Waals surface area contributed by atoms with E-state index in [0.717, 1.165) is 31.7 Å². The molecule has 0 bridgehead atoms. The molecule has 1 N–H and O–H groups in total. The molecule has 2 unspecified atom stereocenters. The predicted molar refractivity (Wildman–Crippen MR) is 68.8 cm³/mol. The van der Waals surface area contributed by atoms with E-state index in [4.69, 9.17) is 4.74 Å². The molecule has 0 aromatic rings. The van der Waals surface area contributed by atoms with Crippen molar-refractivity contribution in [3.05, 3.63) is 0 Å². The van der Waals surface area contributed by atoms with Crippen LogP contribution in [0.4, 0.5) is 0 Å².